The number of carbonyl (C=O) groups is 3. The molecule has 232 valence electrons. The number of likely N-dealkylation sites (tertiary alicyclic amines) is 1. The number of amides is 3. The molecule has 1 aromatic heterocycles. The predicted molar refractivity (Wildman–Crippen MR) is 167 cm³/mol. The van der Waals surface area contributed by atoms with Crippen molar-refractivity contribution in [1.82, 2.24) is 20.5 Å². The number of ether oxygens (including phenoxy) is 3. The number of H-pyrrole nitrogens is 1. The number of hydrogen-bond donors (Lipinski definition) is 3. The molecule has 1 saturated heterocycles. The van der Waals surface area contributed by atoms with Crippen molar-refractivity contribution in [3.05, 3.63) is 100.0 Å². The molecular weight excluding hydrogens is 576 g/mol. The molecule has 3 amide bonds. The van der Waals surface area contributed by atoms with Crippen molar-refractivity contribution in [2.75, 3.05) is 26.8 Å². The molecule has 4 bridgehead atoms. The van der Waals surface area contributed by atoms with Crippen LogP contribution < -0.4 is 30.4 Å². The van der Waals surface area contributed by atoms with E-state index in [2.05, 4.69) is 15.6 Å². The second kappa shape index (κ2) is 13.1. The van der Waals surface area contributed by atoms with Gasteiger partial charge in [0.05, 0.1) is 18.7 Å². The summed E-state index contributed by atoms with van der Waals surface area (Å²) in [6.07, 6.45) is 2.29. The number of aromatic amines is 1. The monoisotopic (exact) mass is 610 g/mol. The summed E-state index contributed by atoms with van der Waals surface area (Å²) in [7, 11) is 1.52. The van der Waals surface area contributed by atoms with Gasteiger partial charge in [0.15, 0.2) is 18.1 Å². The minimum atomic E-state index is -0.554. The molecule has 1 fully saturated rings. The Bertz CT molecular complexity index is 1790. The van der Waals surface area contributed by atoms with Gasteiger partial charge in [0, 0.05) is 49.4 Å². The fourth-order valence-electron chi connectivity index (χ4n) is 5.74. The minimum Gasteiger partial charge on any atom is -0.493 e. The Morgan fingerprint density at radius 3 is 2.51 bits per heavy atom. The Kier molecular flexibility index (Phi) is 8.68. The predicted octanol–water partition coefficient (Wildman–Crippen LogP) is 2.96. The Morgan fingerprint density at radius 1 is 0.933 bits per heavy atom. The van der Waals surface area contributed by atoms with E-state index in [1.165, 1.54) is 13.3 Å². The maximum absolute atomic E-state index is 13.8. The number of piperidine rings is 1. The third-order valence-electron chi connectivity index (χ3n) is 8.15. The first kappa shape index (κ1) is 29.7. The molecule has 45 heavy (non-hydrogen) atoms. The SMILES string of the molecule is COc1cc2ccc1OCC(=O)N[C@@H]1CN(C(=O)c3c[nH]c(=O)c4ccccc34)CC[C@H]1Oc1ccc(cc1)CNC(=O)CC2. The smallest absolute Gasteiger partial charge is 0.258 e. The summed E-state index contributed by atoms with van der Waals surface area (Å²) >= 11 is 0. The second-order valence-corrected chi connectivity index (χ2v) is 11.1. The number of methoxy groups -OCH3 is 1. The van der Waals surface area contributed by atoms with Crippen LogP contribution in [0.4, 0.5) is 0 Å². The van der Waals surface area contributed by atoms with Crippen molar-refractivity contribution < 1.29 is 28.6 Å². The van der Waals surface area contributed by atoms with Gasteiger partial charge in [0.25, 0.3) is 17.4 Å². The van der Waals surface area contributed by atoms with Crippen LogP contribution in [-0.2, 0) is 22.6 Å². The van der Waals surface area contributed by atoms with E-state index in [-0.39, 0.29) is 36.4 Å². The molecule has 0 unspecified atom stereocenters. The highest BCUT2D eigenvalue weighted by Crippen LogP contribution is 2.29. The third-order valence-corrected chi connectivity index (χ3v) is 8.15. The van der Waals surface area contributed by atoms with Crippen LogP contribution in [0.1, 0.15) is 34.3 Å². The summed E-state index contributed by atoms with van der Waals surface area (Å²) in [6.45, 7) is 0.667. The van der Waals surface area contributed by atoms with Gasteiger partial charge in [-0.3, -0.25) is 19.2 Å². The normalized spacial score (nSPS) is 19.1. The number of nitrogens with zero attached hydrogens (tertiary/aromatic N) is 1. The molecule has 3 aromatic carbocycles. The van der Waals surface area contributed by atoms with Gasteiger partial charge < -0.3 is 34.7 Å². The Labute approximate surface area is 259 Å². The quantitative estimate of drug-likeness (QED) is 0.317. The summed E-state index contributed by atoms with van der Waals surface area (Å²) in [5, 5.41) is 6.97. The van der Waals surface area contributed by atoms with Crippen LogP contribution >= 0.6 is 0 Å². The lowest BCUT2D eigenvalue weighted by Crippen LogP contribution is -2.58. The highest BCUT2D eigenvalue weighted by molar-refractivity contribution is 6.06. The largest absolute Gasteiger partial charge is 0.493 e. The number of pyridine rings is 1. The zero-order chi connectivity index (χ0) is 31.3. The zero-order valence-electron chi connectivity index (χ0n) is 24.8. The van der Waals surface area contributed by atoms with Crippen LogP contribution in [0.5, 0.6) is 17.2 Å². The van der Waals surface area contributed by atoms with Crippen LogP contribution in [0.3, 0.4) is 0 Å². The highest BCUT2D eigenvalue weighted by atomic mass is 16.5. The number of nitrogens with one attached hydrogen (secondary N) is 3. The summed E-state index contributed by atoms with van der Waals surface area (Å²) in [6, 6.07) is 19.2. The summed E-state index contributed by atoms with van der Waals surface area (Å²) in [4.78, 5) is 56.2. The molecule has 11 nitrogen and oxygen atoms in total. The summed E-state index contributed by atoms with van der Waals surface area (Å²) in [5.41, 5.74) is 1.94. The molecule has 9 rings (SSSR count). The lowest BCUT2D eigenvalue weighted by Gasteiger charge is -2.39. The van der Waals surface area contributed by atoms with Crippen LogP contribution in [0.2, 0.25) is 0 Å². The van der Waals surface area contributed by atoms with E-state index < -0.39 is 12.1 Å². The van der Waals surface area contributed by atoms with Gasteiger partial charge in [-0.25, -0.2) is 0 Å². The fraction of sp³-hybridized carbons (Fsp3) is 0.294. The van der Waals surface area contributed by atoms with Gasteiger partial charge in [-0.05, 0) is 47.9 Å². The maximum atomic E-state index is 13.8. The fourth-order valence-corrected chi connectivity index (χ4v) is 5.74. The molecule has 0 radical (unpaired) electrons. The molecule has 0 saturated carbocycles. The van der Waals surface area contributed by atoms with E-state index >= 15 is 0 Å². The maximum Gasteiger partial charge on any atom is 0.258 e. The summed E-state index contributed by atoms with van der Waals surface area (Å²) < 4.78 is 17.7. The minimum absolute atomic E-state index is 0.0697. The van der Waals surface area contributed by atoms with Crippen molar-refractivity contribution >= 4 is 28.5 Å². The Balaban J connectivity index is 1.26. The average Bonchev–Trinajstić information content (AvgIpc) is 3.06. The number of rotatable bonds is 2. The molecule has 0 aliphatic carbocycles. The van der Waals surface area contributed by atoms with E-state index in [1.807, 2.05) is 30.3 Å². The van der Waals surface area contributed by atoms with Crippen LogP contribution in [0.15, 0.2) is 77.7 Å². The van der Waals surface area contributed by atoms with Gasteiger partial charge in [0.2, 0.25) is 5.91 Å². The first-order chi connectivity index (χ1) is 21.9. The van der Waals surface area contributed by atoms with E-state index in [0.717, 1.165) is 11.1 Å². The number of carbonyl (C=O) groups excluding carboxylic acids is 3. The standard InChI is InChI=1S/C34H34N4O7/c1-43-30-16-21-8-12-29(30)44-20-32(40)37-27-19-38(34(42)26-18-36-33(41)25-5-3-2-4-24(25)26)15-14-28(27)45-23-10-6-22(7-11-23)17-35-31(39)13-9-21/h2-8,10-12,16,18,27-28H,9,13-15,17,19-20H2,1H3,(H,35,39)(H,36,41)(H,37,40)/t27-,28-/m1/s1. The molecule has 6 heterocycles. The van der Waals surface area contributed by atoms with Gasteiger partial charge in [0.1, 0.15) is 11.9 Å². The van der Waals surface area contributed by atoms with Gasteiger partial charge >= 0.3 is 0 Å². The average molecular weight is 611 g/mol. The first-order valence-corrected chi connectivity index (χ1v) is 14.9. The molecule has 2 atom stereocenters. The van der Waals surface area contributed by atoms with E-state index in [9.17, 15) is 19.2 Å². The Morgan fingerprint density at radius 2 is 1.71 bits per heavy atom. The van der Waals surface area contributed by atoms with Crippen molar-refractivity contribution in [2.24, 2.45) is 0 Å². The number of benzene rings is 3. The molecule has 3 N–H and O–H groups in total. The van der Waals surface area contributed by atoms with Gasteiger partial charge in [-0.15, -0.1) is 0 Å². The van der Waals surface area contributed by atoms with Crippen LogP contribution in [0.25, 0.3) is 10.8 Å². The molecule has 5 aliphatic rings. The lowest BCUT2D eigenvalue weighted by molar-refractivity contribution is -0.125. The molecular formula is C34H34N4O7. The van der Waals surface area contributed by atoms with Crippen molar-refractivity contribution in [3.63, 3.8) is 0 Å². The number of fused-ring (bicyclic) bond motifs is 1. The molecule has 0 spiro atoms. The number of aromatic nitrogens is 1. The molecule has 4 aromatic rings. The van der Waals surface area contributed by atoms with E-state index in [0.29, 0.717) is 65.9 Å². The van der Waals surface area contributed by atoms with Crippen molar-refractivity contribution in [3.8, 4) is 17.2 Å². The topological polar surface area (TPSA) is 139 Å². The van der Waals surface area contributed by atoms with E-state index in [1.54, 1.807) is 41.3 Å². The van der Waals surface area contributed by atoms with Gasteiger partial charge in [-0.2, -0.15) is 0 Å². The first-order valence-electron chi connectivity index (χ1n) is 14.9. The number of hydrogen-bond acceptors (Lipinski definition) is 7. The Hall–Kier alpha value is -5.32. The number of aryl methyl sites for hydroxylation is 1. The molecule has 5 aliphatic heterocycles. The second-order valence-electron chi connectivity index (χ2n) is 11.1. The lowest BCUT2D eigenvalue weighted by atomic mass is 9.99. The highest BCUT2D eigenvalue weighted by Gasteiger charge is 2.35. The summed E-state index contributed by atoms with van der Waals surface area (Å²) in [5.74, 6) is 0.751. The van der Waals surface area contributed by atoms with Crippen molar-refractivity contribution in [2.45, 2.75) is 38.0 Å². The van der Waals surface area contributed by atoms with E-state index in [4.69, 9.17) is 14.2 Å². The zero-order valence-corrected chi connectivity index (χ0v) is 24.8. The van der Waals surface area contributed by atoms with Crippen LogP contribution in [0, 0.1) is 0 Å². The van der Waals surface area contributed by atoms with Gasteiger partial charge in [-0.1, -0.05) is 36.4 Å². The van der Waals surface area contributed by atoms with Crippen molar-refractivity contribution in [1.29, 1.82) is 0 Å². The molecule has 11 heteroatoms. The van der Waals surface area contributed by atoms with Crippen LogP contribution in [-0.4, -0.2) is 66.6 Å². The third kappa shape index (κ3) is 6.77.